The number of halogens is 2. The highest BCUT2D eigenvalue weighted by molar-refractivity contribution is 9.11. The molecule has 98 valence electrons. The molecule has 0 heterocycles. The predicted octanol–water partition coefficient (Wildman–Crippen LogP) is 4.52. The van der Waals surface area contributed by atoms with E-state index >= 15 is 0 Å². The summed E-state index contributed by atoms with van der Waals surface area (Å²) in [4.78, 5) is 10.9. The number of anilines is 1. The highest BCUT2D eigenvalue weighted by Gasteiger charge is 2.06. The standard InChI is InChI=1S/C14H11Br2NO2/c15-11-5-2-6-12(16)13(11)17-8-9-3-1-4-10(7-9)14(18)19/h1-7,17H,8H2,(H,18,19). The zero-order chi connectivity index (χ0) is 13.8. The predicted molar refractivity (Wildman–Crippen MR) is 82.6 cm³/mol. The van der Waals surface area contributed by atoms with Crippen molar-refractivity contribution in [3.8, 4) is 0 Å². The molecular weight excluding hydrogens is 374 g/mol. The van der Waals surface area contributed by atoms with Crippen molar-refractivity contribution >= 4 is 43.5 Å². The van der Waals surface area contributed by atoms with Crippen LogP contribution in [0.4, 0.5) is 5.69 Å². The van der Waals surface area contributed by atoms with Crippen molar-refractivity contribution in [2.75, 3.05) is 5.32 Å². The SMILES string of the molecule is O=C(O)c1cccc(CNc2c(Br)cccc2Br)c1. The van der Waals surface area contributed by atoms with Gasteiger partial charge in [0, 0.05) is 15.5 Å². The maximum atomic E-state index is 10.9. The Morgan fingerprint density at radius 2 is 1.74 bits per heavy atom. The average Bonchev–Trinajstić information content (AvgIpc) is 2.38. The van der Waals surface area contributed by atoms with E-state index in [4.69, 9.17) is 5.11 Å². The van der Waals surface area contributed by atoms with Crippen LogP contribution in [0, 0.1) is 0 Å². The van der Waals surface area contributed by atoms with Gasteiger partial charge in [-0.2, -0.15) is 0 Å². The summed E-state index contributed by atoms with van der Waals surface area (Å²) in [5.41, 5.74) is 2.16. The molecule has 0 aliphatic heterocycles. The molecule has 2 N–H and O–H groups in total. The molecule has 3 nitrogen and oxygen atoms in total. The normalized spacial score (nSPS) is 10.2. The number of para-hydroxylation sites is 1. The van der Waals surface area contributed by atoms with Crippen molar-refractivity contribution < 1.29 is 9.90 Å². The van der Waals surface area contributed by atoms with Crippen molar-refractivity contribution in [2.45, 2.75) is 6.54 Å². The smallest absolute Gasteiger partial charge is 0.335 e. The fraction of sp³-hybridized carbons (Fsp3) is 0.0714. The van der Waals surface area contributed by atoms with Crippen LogP contribution in [0.5, 0.6) is 0 Å². The van der Waals surface area contributed by atoms with Crippen LogP contribution in [-0.2, 0) is 6.54 Å². The lowest BCUT2D eigenvalue weighted by Crippen LogP contribution is -2.03. The Balaban J connectivity index is 2.15. The van der Waals surface area contributed by atoms with E-state index in [-0.39, 0.29) is 0 Å². The average molecular weight is 385 g/mol. The van der Waals surface area contributed by atoms with Gasteiger partial charge in [-0.05, 0) is 61.7 Å². The number of nitrogens with one attached hydrogen (secondary N) is 1. The number of benzene rings is 2. The maximum absolute atomic E-state index is 10.9. The largest absolute Gasteiger partial charge is 0.478 e. The molecule has 0 aromatic heterocycles. The van der Waals surface area contributed by atoms with Crippen molar-refractivity contribution in [3.05, 3.63) is 62.5 Å². The molecule has 19 heavy (non-hydrogen) atoms. The van der Waals surface area contributed by atoms with Crippen LogP contribution < -0.4 is 5.32 Å². The first-order chi connectivity index (χ1) is 9.08. The van der Waals surface area contributed by atoms with Crippen molar-refractivity contribution in [1.29, 1.82) is 0 Å². The molecule has 2 aromatic carbocycles. The van der Waals surface area contributed by atoms with Crippen molar-refractivity contribution in [3.63, 3.8) is 0 Å². The van der Waals surface area contributed by atoms with Gasteiger partial charge in [-0.25, -0.2) is 4.79 Å². The lowest BCUT2D eigenvalue weighted by molar-refractivity contribution is 0.0697. The molecule has 0 bridgehead atoms. The molecule has 0 radical (unpaired) electrons. The van der Waals surface area contributed by atoms with Crippen LogP contribution >= 0.6 is 31.9 Å². The Bertz CT molecular complexity index is 594. The topological polar surface area (TPSA) is 49.3 Å². The molecular formula is C14H11Br2NO2. The van der Waals surface area contributed by atoms with E-state index in [0.29, 0.717) is 12.1 Å². The van der Waals surface area contributed by atoms with Crippen LogP contribution in [0.25, 0.3) is 0 Å². The number of hydrogen-bond acceptors (Lipinski definition) is 2. The molecule has 2 aromatic rings. The van der Waals surface area contributed by atoms with Crippen LogP contribution in [0.1, 0.15) is 15.9 Å². The van der Waals surface area contributed by atoms with E-state index in [2.05, 4.69) is 37.2 Å². The Hall–Kier alpha value is -1.33. The number of rotatable bonds is 4. The van der Waals surface area contributed by atoms with Gasteiger partial charge in [0.15, 0.2) is 0 Å². The van der Waals surface area contributed by atoms with Crippen LogP contribution in [0.3, 0.4) is 0 Å². The van der Waals surface area contributed by atoms with Crippen LogP contribution in [0.15, 0.2) is 51.4 Å². The van der Waals surface area contributed by atoms with Crippen LogP contribution in [-0.4, -0.2) is 11.1 Å². The highest BCUT2D eigenvalue weighted by atomic mass is 79.9. The molecule has 0 fully saturated rings. The first-order valence-corrected chi connectivity index (χ1v) is 7.16. The molecule has 0 atom stereocenters. The summed E-state index contributed by atoms with van der Waals surface area (Å²) in [6, 6.07) is 12.7. The van der Waals surface area contributed by atoms with E-state index < -0.39 is 5.97 Å². The molecule has 0 amide bonds. The zero-order valence-electron chi connectivity index (χ0n) is 9.86. The Kier molecular flexibility index (Phi) is 4.61. The second kappa shape index (κ2) is 6.21. The van der Waals surface area contributed by atoms with Gasteiger partial charge in [0.05, 0.1) is 11.3 Å². The lowest BCUT2D eigenvalue weighted by atomic mass is 10.1. The Labute approximate surface area is 127 Å². The first-order valence-electron chi connectivity index (χ1n) is 5.58. The van der Waals surface area contributed by atoms with Gasteiger partial charge in [0.2, 0.25) is 0 Å². The van der Waals surface area contributed by atoms with E-state index in [9.17, 15) is 4.79 Å². The first kappa shape index (κ1) is 14.1. The highest BCUT2D eigenvalue weighted by Crippen LogP contribution is 2.30. The summed E-state index contributed by atoms with van der Waals surface area (Å²) >= 11 is 6.94. The minimum absolute atomic E-state index is 0.297. The monoisotopic (exact) mass is 383 g/mol. The Morgan fingerprint density at radius 1 is 1.11 bits per heavy atom. The van der Waals surface area contributed by atoms with E-state index in [1.165, 1.54) is 0 Å². The van der Waals surface area contributed by atoms with Gasteiger partial charge in [-0.3, -0.25) is 0 Å². The van der Waals surface area contributed by atoms with Gasteiger partial charge >= 0.3 is 5.97 Å². The van der Waals surface area contributed by atoms with E-state index in [1.54, 1.807) is 18.2 Å². The third-order valence-electron chi connectivity index (χ3n) is 2.61. The van der Waals surface area contributed by atoms with Gasteiger partial charge in [-0.1, -0.05) is 18.2 Å². The molecule has 0 aliphatic rings. The van der Waals surface area contributed by atoms with Gasteiger partial charge < -0.3 is 10.4 Å². The van der Waals surface area contributed by atoms with Gasteiger partial charge in [0.1, 0.15) is 0 Å². The molecule has 0 unspecified atom stereocenters. The van der Waals surface area contributed by atoms with Gasteiger partial charge in [-0.15, -0.1) is 0 Å². The fourth-order valence-corrected chi connectivity index (χ4v) is 2.95. The summed E-state index contributed by atoms with van der Waals surface area (Å²) in [5, 5.41) is 12.2. The number of hydrogen-bond donors (Lipinski definition) is 2. The molecule has 2 rings (SSSR count). The van der Waals surface area contributed by atoms with Crippen molar-refractivity contribution in [2.24, 2.45) is 0 Å². The van der Waals surface area contributed by atoms with E-state index in [0.717, 1.165) is 20.2 Å². The lowest BCUT2D eigenvalue weighted by Gasteiger charge is -2.11. The second-order valence-corrected chi connectivity index (χ2v) is 5.66. The zero-order valence-corrected chi connectivity index (χ0v) is 13.0. The molecule has 5 heteroatoms. The summed E-state index contributed by atoms with van der Waals surface area (Å²) in [5.74, 6) is -0.913. The molecule has 0 saturated carbocycles. The number of aromatic carboxylic acids is 1. The Morgan fingerprint density at radius 3 is 2.37 bits per heavy atom. The van der Waals surface area contributed by atoms with E-state index in [1.807, 2.05) is 24.3 Å². The summed E-state index contributed by atoms with van der Waals surface area (Å²) in [6.07, 6.45) is 0. The third kappa shape index (κ3) is 3.58. The summed E-state index contributed by atoms with van der Waals surface area (Å²) in [7, 11) is 0. The third-order valence-corrected chi connectivity index (χ3v) is 3.93. The summed E-state index contributed by atoms with van der Waals surface area (Å²) < 4.78 is 1.91. The number of carbonyl (C=O) groups is 1. The second-order valence-electron chi connectivity index (χ2n) is 3.96. The number of carboxylic acid groups (broad SMARTS) is 1. The fourth-order valence-electron chi connectivity index (χ4n) is 1.67. The molecule has 0 spiro atoms. The van der Waals surface area contributed by atoms with Crippen molar-refractivity contribution in [1.82, 2.24) is 0 Å². The minimum Gasteiger partial charge on any atom is -0.478 e. The van der Waals surface area contributed by atoms with Crippen LogP contribution in [0.2, 0.25) is 0 Å². The molecule has 0 aliphatic carbocycles. The minimum atomic E-state index is -0.913. The quantitative estimate of drug-likeness (QED) is 0.814. The summed E-state index contributed by atoms with van der Waals surface area (Å²) in [6.45, 7) is 0.558. The number of carboxylic acids is 1. The molecule has 0 saturated heterocycles. The maximum Gasteiger partial charge on any atom is 0.335 e. The van der Waals surface area contributed by atoms with Gasteiger partial charge in [0.25, 0.3) is 0 Å².